The van der Waals surface area contributed by atoms with Gasteiger partial charge in [0.05, 0.1) is 0 Å². The van der Waals surface area contributed by atoms with Gasteiger partial charge in [0, 0.05) is 45.0 Å². The van der Waals surface area contributed by atoms with E-state index >= 15 is 0 Å². The molecule has 12 rings (SSSR count). The lowest BCUT2D eigenvalue weighted by Gasteiger charge is -2.29. The van der Waals surface area contributed by atoms with Crippen molar-refractivity contribution in [2.45, 2.75) is 119 Å². The molecule has 10 aromatic carbocycles. The smallest absolute Gasteiger partial charge is 0.0467 e. The van der Waals surface area contributed by atoms with E-state index in [4.69, 9.17) is 0 Å². The van der Waals surface area contributed by atoms with E-state index in [2.05, 4.69) is 313 Å². The molecule has 10 aromatic rings. The lowest BCUT2D eigenvalue weighted by molar-refractivity contribution is 0.590. The number of aryl methyl sites for hydroxylation is 4. The maximum absolute atomic E-state index is 2.45. The number of benzene rings is 10. The van der Waals surface area contributed by atoms with E-state index in [1.807, 2.05) is 0 Å². The van der Waals surface area contributed by atoms with Crippen molar-refractivity contribution in [3.05, 3.63) is 262 Å². The molecular weight excluding hydrogens is 965 g/mol. The minimum Gasteiger partial charge on any atom is -0.310 e. The van der Waals surface area contributed by atoms with Crippen LogP contribution in [0.1, 0.15) is 125 Å². The summed E-state index contributed by atoms with van der Waals surface area (Å²) in [4.78, 5) is 4.90. The highest BCUT2D eigenvalue weighted by molar-refractivity contribution is 5.90. The van der Waals surface area contributed by atoms with E-state index in [0.717, 1.165) is 34.1 Å². The number of nitrogens with zero attached hydrogens (tertiary/aromatic N) is 2. The van der Waals surface area contributed by atoms with Crippen molar-refractivity contribution in [1.82, 2.24) is 0 Å². The van der Waals surface area contributed by atoms with Crippen molar-refractivity contribution in [2.24, 2.45) is 0 Å². The number of hydrogen-bond donors (Lipinski definition) is 0. The first-order chi connectivity index (χ1) is 38.1. The quantitative estimate of drug-likeness (QED) is 0.142. The monoisotopic (exact) mass is 1040 g/mol. The van der Waals surface area contributed by atoms with E-state index in [1.165, 1.54) is 111 Å². The fourth-order valence-corrected chi connectivity index (χ4v) is 13.2. The zero-order valence-electron chi connectivity index (χ0n) is 49.5. The van der Waals surface area contributed by atoms with Gasteiger partial charge in [0.15, 0.2) is 0 Å². The Labute approximate surface area is 477 Å². The Hall–Kier alpha value is -8.20. The van der Waals surface area contributed by atoms with Crippen LogP contribution in [0.3, 0.4) is 0 Å². The van der Waals surface area contributed by atoms with Gasteiger partial charge in [-0.3, -0.25) is 0 Å². The summed E-state index contributed by atoms with van der Waals surface area (Å²) in [5.41, 5.74) is 32.7. The highest BCUT2D eigenvalue weighted by Gasteiger charge is 2.37. The minimum absolute atomic E-state index is 0.0540. The summed E-state index contributed by atoms with van der Waals surface area (Å²) >= 11 is 0. The summed E-state index contributed by atoms with van der Waals surface area (Å²) in [7, 11) is 0. The maximum atomic E-state index is 2.45. The van der Waals surface area contributed by atoms with Gasteiger partial charge >= 0.3 is 0 Å². The SMILES string of the molecule is Cc1cc(-c2cc(C)c(-c3cccc(N(c4ccc(C(C)(C)C)cc4)c4ccc5c(c4)C(C)(C)c4ccccc4-5)c3)cc2C)c(C)cc1-c1cccc(N(c2ccc(C(C)(C)C)cc2)c2ccc3c(c2)C(C)(C)c2ccccc2-3)c1. The van der Waals surface area contributed by atoms with Crippen molar-refractivity contribution in [1.29, 1.82) is 0 Å². The molecule has 2 nitrogen and oxygen atoms in total. The van der Waals surface area contributed by atoms with Crippen LogP contribution in [-0.4, -0.2) is 0 Å². The molecule has 0 heterocycles. The Balaban J connectivity index is 0.887. The van der Waals surface area contributed by atoms with Crippen LogP contribution in [0, 0.1) is 27.7 Å². The van der Waals surface area contributed by atoms with Gasteiger partial charge in [-0.05, 0) is 223 Å². The Bertz CT molecular complexity index is 3790. The third kappa shape index (κ3) is 8.98. The molecule has 0 atom stereocenters. The average molecular weight is 1040 g/mol. The van der Waals surface area contributed by atoms with Gasteiger partial charge < -0.3 is 9.80 Å². The van der Waals surface area contributed by atoms with E-state index < -0.39 is 0 Å². The summed E-state index contributed by atoms with van der Waals surface area (Å²) in [6.07, 6.45) is 0. The summed E-state index contributed by atoms with van der Waals surface area (Å²) in [6, 6.07) is 78.4. The molecule has 0 saturated carbocycles. The minimum atomic E-state index is -0.110. The van der Waals surface area contributed by atoms with Gasteiger partial charge in [-0.25, -0.2) is 0 Å². The Morgan fingerprint density at radius 2 is 0.575 bits per heavy atom. The molecule has 0 amide bonds. The van der Waals surface area contributed by atoms with Crippen LogP contribution in [0.15, 0.2) is 206 Å². The molecule has 0 aromatic heterocycles. The zero-order valence-corrected chi connectivity index (χ0v) is 49.5. The van der Waals surface area contributed by atoms with Crippen LogP contribution < -0.4 is 9.80 Å². The number of anilines is 6. The molecule has 2 heteroatoms. The fourth-order valence-electron chi connectivity index (χ4n) is 13.2. The summed E-state index contributed by atoms with van der Waals surface area (Å²) in [5.74, 6) is 0. The van der Waals surface area contributed by atoms with Gasteiger partial charge in [-0.2, -0.15) is 0 Å². The van der Waals surface area contributed by atoms with Crippen LogP contribution in [0.25, 0.3) is 55.6 Å². The fraction of sp³-hybridized carbons (Fsp3) is 0.231. The lowest BCUT2D eigenvalue weighted by atomic mass is 9.82. The molecule has 0 N–H and O–H groups in total. The second-order valence-electron chi connectivity index (χ2n) is 26.1. The second-order valence-corrected chi connectivity index (χ2v) is 26.1. The summed E-state index contributed by atoms with van der Waals surface area (Å²) in [5, 5.41) is 0. The number of hydrogen-bond acceptors (Lipinski definition) is 2. The van der Waals surface area contributed by atoms with Crippen LogP contribution in [0.5, 0.6) is 0 Å². The first kappa shape index (κ1) is 52.5. The molecule has 2 aliphatic carbocycles. The molecule has 0 spiro atoms. The first-order valence-electron chi connectivity index (χ1n) is 28.8. The van der Waals surface area contributed by atoms with E-state index in [-0.39, 0.29) is 21.7 Å². The highest BCUT2D eigenvalue weighted by Crippen LogP contribution is 2.53. The van der Waals surface area contributed by atoms with Crippen molar-refractivity contribution >= 4 is 34.1 Å². The molecule has 2 aliphatic rings. The van der Waals surface area contributed by atoms with Gasteiger partial charge in [0.2, 0.25) is 0 Å². The second kappa shape index (κ2) is 19.3. The molecule has 0 bridgehead atoms. The molecular formula is C78H76N2. The molecule has 398 valence electrons. The summed E-state index contributed by atoms with van der Waals surface area (Å²) < 4.78 is 0. The zero-order chi connectivity index (χ0) is 56.2. The topological polar surface area (TPSA) is 6.48 Å². The van der Waals surface area contributed by atoms with Crippen molar-refractivity contribution in [3.8, 4) is 55.6 Å². The van der Waals surface area contributed by atoms with Crippen molar-refractivity contribution in [3.63, 3.8) is 0 Å². The third-order valence-electron chi connectivity index (χ3n) is 17.9. The van der Waals surface area contributed by atoms with E-state index in [9.17, 15) is 0 Å². The lowest BCUT2D eigenvalue weighted by Crippen LogP contribution is -2.17. The van der Waals surface area contributed by atoms with Gasteiger partial charge in [-0.15, -0.1) is 0 Å². The Morgan fingerprint density at radius 1 is 0.263 bits per heavy atom. The molecule has 0 saturated heterocycles. The number of rotatable bonds is 9. The first-order valence-corrected chi connectivity index (χ1v) is 28.8. The molecule has 80 heavy (non-hydrogen) atoms. The Kier molecular flexibility index (Phi) is 12.6. The highest BCUT2D eigenvalue weighted by atomic mass is 15.1. The van der Waals surface area contributed by atoms with Crippen molar-refractivity contribution in [2.75, 3.05) is 9.80 Å². The molecule has 0 radical (unpaired) electrons. The normalized spacial score (nSPS) is 13.8. The van der Waals surface area contributed by atoms with Crippen LogP contribution in [0.4, 0.5) is 34.1 Å². The number of fused-ring (bicyclic) bond motifs is 6. The predicted molar refractivity (Wildman–Crippen MR) is 344 cm³/mol. The third-order valence-corrected chi connectivity index (χ3v) is 17.9. The average Bonchev–Trinajstić information content (AvgIpc) is 3.90. The van der Waals surface area contributed by atoms with Gasteiger partial charge in [0.25, 0.3) is 0 Å². The van der Waals surface area contributed by atoms with Crippen LogP contribution >= 0.6 is 0 Å². The van der Waals surface area contributed by atoms with Crippen LogP contribution in [-0.2, 0) is 21.7 Å². The van der Waals surface area contributed by atoms with Crippen molar-refractivity contribution < 1.29 is 0 Å². The standard InChI is InChI=1S/C78H76N2/c1-49-43-69(51(3)41-67(49)53-21-19-23-59(45-53)79(57-33-29-55(30-34-57)75(5,6)7)61-37-39-65-63-25-15-17-27-71(63)77(11,12)73(65)47-61)70-44-50(2)68(42-52(70)4)54-22-20-24-60(46-54)80(58-35-31-56(32-36-58)76(8,9)10)62-38-40-66-64-26-16-18-28-72(64)78(13,14)74(66)48-62/h15-48H,1-14H3. The van der Waals surface area contributed by atoms with Gasteiger partial charge in [0.1, 0.15) is 0 Å². The predicted octanol–water partition coefficient (Wildman–Crippen LogP) is 22.1. The van der Waals surface area contributed by atoms with Crippen LogP contribution in [0.2, 0.25) is 0 Å². The molecule has 0 unspecified atom stereocenters. The molecule has 0 aliphatic heterocycles. The van der Waals surface area contributed by atoms with E-state index in [0.29, 0.717) is 0 Å². The van der Waals surface area contributed by atoms with E-state index in [1.54, 1.807) is 0 Å². The maximum Gasteiger partial charge on any atom is 0.0467 e. The van der Waals surface area contributed by atoms with Gasteiger partial charge in [-0.1, -0.05) is 203 Å². The summed E-state index contributed by atoms with van der Waals surface area (Å²) in [6.45, 7) is 32.3. The molecule has 0 fully saturated rings. The largest absolute Gasteiger partial charge is 0.310 e. The Morgan fingerprint density at radius 3 is 0.950 bits per heavy atom.